The van der Waals surface area contributed by atoms with Gasteiger partial charge < -0.3 is 9.79 Å². The Bertz CT molecular complexity index is 146. The van der Waals surface area contributed by atoms with Gasteiger partial charge in [-0.2, -0.15) is 0 Å². The quantitative estimate of drug-likeness (QED) is 0.414. The standard InChI is InChI=1S/C8H19O3P.Fe/c1-2-3-4-5-6-7-8-12(9,10)11;/h2-8H2,1H3,(H2,9,10,11);. The van der Waals surface area contributed by atoms with Gasteiger partial charge in [-0.3, -0.25) is 4.57 Å². The first-order valence-corrected chi connectivity index (χ1v) is 6.40. The van der Waals surface area contributed by atoms with Gasteiger partial charge in [-0.25, -0.2) is 0 Å². The minimum Gasteiger partial charge on any atom is -0.324 e. The molecule has 0 fully saturated rings. The minimum atomic E-state index is -3.72. The average Bonchev–Trinajstić information content (AvgIpc) is 1.94. The van der Waals surface area contributed by atoms with Crippen molar-refractivity contribution >= 4 is 7.60 Å². The van der Waals surface area contributed by atoms with Gasteiger partial charge in [-0.1, -0.05) is 39.0 Å². The van der Waals surface area contributed by atoms with Crippen LogP contribution in [0.3, 0.4) is 0 Å². The summed E-state index contributed by atoms with van der Waals surface area (Å²) in [6.07, 6.45) is 6.40. The molecule has 0 aliphatic heterocycles. The first kappa shape index (κ1) is 16.1. The van der Waals surface area contributed by atoms with Gasteiger partial charge in [0.2, 0.25) is 0 Å². The van der Waals surface area contributed by atoms with E-state index in [0.29, 0.717) is 6.42 Å². The molecule has 13 heavy (non-hydrogen) atoms. The maximum atomic E-state index is 10.4. The van der Waals surface area contributed by atoms with E-state index < -0.39 is 7.60 Å². The fourth-order valence-corrected chi connectivity index (χ4v) is 1.73. The SMILES string of the molecule is CCCCCCCCP(=O)(O)O.[Fe]. The predicted molar refractivity (Wildman–Crippen MR) is 50.3 cm³/mol. The summed E-state index contributed by atoms with van der Waals surface area (Å²) >= 11 is 0. The van der Waals surface area contributed by atoms with E-state index in [4.69, 9.17) is 9.79 Å². The van der Waals surface area contributed by atoms with Crippen LogP contribution in [0.2, 0.25) is 0 Å². The summed E-state index contributed by atoms with van der Waals surface area (Å²) in [5.41, 5.74) is 0. The third kappa shape index (κ3) is 15.4. The smallest absolute Gasteiger partial charge is 0.324 e. The van der Waals surface area contributed by atoms with Gasteiger partial charge in [-0.15, -0.1) is 0 Å². The molecule has 0 unspecified atom stereocenters. The average molecular weight is 250 g/mol. The Kier molecular flexibility index (Phi) is 11.4. The molecule has 82 valence electrons. The molecular formula is C8H19FeO3P. The number of rotatable bonds is 7. The number of hydrogen-bond donors (Lipinski definition) is 2. The molecule has 0 spiro atoms. The summed E-state index contributed by atoms with van der Waals surface area (Å²) in [4.78, 5) is 17.1. The van der Waals surface area contributed by atoms with Crippen LogP contribution in [-0.2, 0) is 21.6 Å². The van der Waals surface area contributed by atoms with E-state index in [1.807, 2.05) is 0 Å². The van der Waals surface area contributed by atoms with Gasteiger partial charge in [0.15, 0.2) is 0 Å². The molecule has 0 atom stereocenters. The molecule has 0 saturated heterocycles. The largest absolute Gasteiger partial charge is 0.325 e. The Labute approximate surface area is 90.9 Å². The van der Waals surface area contributed by atoms with Crippen molar-refractivity contribution in [3.8, 4) is 0 Å². The summed E-state index contributed by atoms with van der Waals surface area (Å²) in [5.74, 6) is 0. The van der Waals surface area contributed by atoms with Crippen molar-refractivity contribution in [2.24, 2.45) is 0 Å². The van der Waals surface area contributed by atoms with Crippen molar-refractivity contribution in [2.45, 2.75) is 45.4 Å². The van der Waals surface area contributed by atoms with Gasteiger partial charge in [-0.05, 0) is 6.42 Å². The van der Waals surface area contributed by atoms with E-state index in [0.717, 1.165) is 12.8 Å². The zero-order chi connectivity index (χ0) is 9.45. The van der Waals surface area contributed by atoms with Crippen molar-refractivity contribution in [2.75, 3.05) is 6.16 Å². The van der Waals surface area contributed by atoms with Gasteiger partial charge >= 0.3 is 7.60 Å². The Balaban J connectivity index is 0. The molecule has 0 saturated carbocycles. The number of unbranched alkanes of at least 4 members (excludes halogenated alkanes) is 5. The van der Waals surface area contributed by atoms with Gasteiger partial charge in [0.25, 0.3) is 0 Å². The van der Waals surface area contributed by atoms with Crippen molar-refractivity contribution in [3.05, 3.63) is 0 Å². The summed E-state index contributed by atoms with van der Waals surface area (Å²) in [5, 5.41) is 0. The second-order valence-electron chi connectivity index (χ2n) is 3.16. The van der Waals surface area contributed by atoms with Gasteiger partial charge in [0.05, 0.1) is 0 Å². The molecule has 0 aromatic heterocycles. The van der Waals surface area contributed by atoms with Crippen LogP contribution in [0.15, 0.2) is 0 Å². The van der Waals surface area contributed by atoms with Crippen LogP contribution in [0.25, 0.3) is 0 Å². The zero-order valence-corrected chi connectivity index (χ0v) is 10.1. The van der Waals surface area contributed by atoms with E-state index >= 15 is 0 Å². The molecule has 0 heterocycles. The monoisotopic (exact) mass is 250 g/mol. The third-order valence-electron chi connectivity index (χ3n) is 1.80. The van der Waals surface area contributed by atoms with Crippen LogP contribution in [0.5, 0.6) is 0 Å². The van der Waals surface area contributed by atoms with E-state index in [1.54, 1.807) is 0 Å². The number of hydrogen-bond acceptors (Lipinski definition) is 1. The van der Waals surface area contributed by atoms with Gasteiger partial charge in [0, 0.05) is 23.2 Å². The van der Waals surface area contributed by atoms with Crippen molar-refractivity contribution in [1.82, 2.24) is 0 Å². The molecule has 2 N–H and O–H groups in total. The van der Waals surface area contributed by atoms with E-state index in [1.165, 1.54) is 19.3 Å². The molecule has 0 rings (SSSR count). The topological polar surface area (TPSA) is 57.5 Å². The normalized spacial score (nSPS) is 11.0. The summed E-state index contributed by atoms with van der Waals surface area (Å²) in [6.45, 7) is 2.15. The third-order valence-corrected chi connectivity index (χ3v) is 2.70. The molecular weight excluding hydrogens is 231 g/mol. The van der Waals surface area contributed by atoms with E-state index in [9.17, 15) is 4.57 Å². The van der Waals surface area contributed by atoms with Crippen LogP contribution in [-0.4, -0.2) is 15.9 Å². The van der Waals surface area contributed by atoms with Crippen LogP contribution >= 0.6 is 7.60 Å². The first-order valence-electron chi connectivity index (χ1n) is 4.61. The summed E-state index contributed by atoms with van der Waals surface area (Å²) in [6, 6.07) is 0. The predicted octanol–water partition coefficient (Wildman–Crippen LogP) is 2.52. The van der Waals surface area contributed by atoms with Crippen LogP contribution in [0.1, 0.15) is 45.4 Å². The molecule has 3 nitrogen and oxygen atoms in total. The molecule has 5 heteroatoms. The van der Waals surface area contributed by atoms with Crippen molar-refractivity contribution < 1.29 is 31.4 Å². The van der Waals surface area contributed by atoms with Crippen molar-refractivity contribution in [1.29, 1.82) is 0 Å². The molecule has 0 aromatic rings. The van der Waals surface area contributed by atoms with Crippen LogP contribution in [0, 0.1) is 0 Å². The Morgan fingerprint density at radius 2 is 1.46 bits per heavy atom. The maximum absolute atomic E-state index is 10.4. The zero-order valence-electron chi connectivity index (χ0n) is 8.05. The Hall–Kier alpha value is 0.669. The maximum Gasteiger partial charge on any atom is 0.325 e. The molecule has 0 amide bonds. The first-order chi connectivity index (χ1) is 5.56. The fraction of sp³-hybridized carbons (Fsp3) is 1.00. The molecule has 0 aromatic carbocycles. The van der Waals surface area contributed by atoms with E-state index in [2.05, 4.69) is 6.92 Å². The molecule has 0 aliphatic rings. The minimum absolute atomic E-state index is 0. The summed E-state index contributed by atoms with van der Waals surface area (Å²) < 4.78 is 10.4. The van der Waals surface area contributed by atoms with Crippen molar-refractivity contribution in [3.63, 3.8) is 0 Å². The summed E-state index contributed by atoms with van der Waals surface area (Å²) in [7, 11) is -3.72. The Morgan fingerprint density at radius 1 is 1.00 bits per heavy atom. The molecule has 0 bridgehead atoms. The van der Waals surface area contributed by atoms with Crippen LogP contribution < -0.4 is 0 Å². The van der Waals surface area contributed by atoms with Crippen LogP contribution in [0.4, 0.5) is 0 Å². The second-order valence-corrected chi connectivity index (χ2v) is 4.93. The van der Waals surface area contributed by atoms with Gasteiger partial charge in [0.1, 0.15) is 0 Å². The molecule has 0 radical (unpaired) electrons. The second kappa shape index (κ2) is 9.23. The Morgan fingerprint density at radius 3 is 1.92 bits per heavy atom. The van der Waals surface area contributed by atoms with E-state index in [-0.39, 0.29) is 23.2 Å². The fourth-order valence-electron chi connectivity index (χ4n) is 1.10. The molecule has 0 aliphatic carbocycles.